The zero-order chi connectivity index (χ0) is 14.0. The summed E-state index contributed by atoms with van der Waals surface area (Å²) in [7, 11) is 1.70. The molecule has 0 radical (unpaired) electrons. The van der Waals surface area contributed by atoms with Crippen molar-refractivity contribution in [1.29, 1.82) is 0 Å². The Morgan fingerprint density at radius 3 is 2.53 bits per heavy atom. The summed E-state index contributed by atoms with van der Waals surface area (Å²) in [5, 5.41) is 3.67. The molecule has 3 unspecified atom stereocenters. The Labute approximate surface area is 132 Å². The predicted molar refractivity (Wildman–Crippen MR) is 88.0 cm³/mol. The zero-order valence-corrected chi connectivity index (χ0v) is 14.8. The van der Waals surface area contributed by atoms with Gasteiger partial charge in [0, 0.05) is 16.6 Å². The zero-order valence-electron chi connectivity index (χ0n) is 11.7. The van der Waals surface area contributed by atoms with Crippen LogP contribution in [-0.4, -0.2) is 13.2 Å². The van der Waals surface area contributed by atoms with Gasteiger partial charge in [0.05, 0.1) is 17.3 Å². The molecular weight excluding hydrogens is 370 g/mol. The van der Waals surface area contributed by atoms with Crippen LogP contribution in [0, 0.1) is 11.8 Å². The van der Waals surface area contributed by atoms with Gasteiger partial charge in [0.15, 0.2) is 0 Å². The van der Waals surface area contributed by atoms with Gasteiger partial charge < -0.3 is 10.1 Å². The topological polar surface area (TPSA) is 21.3 Å². The number of methoxy groups -OCH3 is 1. The van der Waals surface area contributed by atoms with Crippen LogP contribution in [0.1, 0.15) is 33.1 Å². The Morgan fingerprint density at radius 2 is 1.89 bits per heavy atom. The minimum atomic E-state index is 0.554. The lowest BCUT2D eigenvalue weighted by atomic mass is 9.80. The Morgan fingerprint density at radius 1 is 1.16 bits per heavy atom. The summed E-state index contributed by atoms with van der Waals surface area (Å²) in [5.74, 6) is 2.43. The van der Waals surface area contributed by atoms with E-state index in [4.69, 9.17) is 4.74 Å². The highest BCUT2D eigenvalue weighted by Gasteiger charge is 2.25. The normalized spacial score (nSPS) is 27.1. The summed E-state index contributed by atoms with van der Waals surface area (Å²) in [6, 6.07) is 4.65. The highest BCUT2D eigenvalue weighted by molar-refractivity contribution is 9.11. The van der Waals surface area contributed by atoms with Gasteiger partial charge in [0.25, 0.3) is 0 Å². The smallest absolute Gasteiger partial charge is 0.135 e. The van der Waals surface area contributed by atoms with Gasteiger partial charge in [-0.05, 0) is 69.0 Å². The number of nitrogens with one attached hydrogen (secondary N) is 1. The molecule has 4 heteroatoms. The molecule has 1 aromatic carbocycles. The molecule has 1 saturated carbocycles. The van der Waals surface area contributed by atoms with E-state index in [-0.39, 0.29) is 0 Å². The Balaban J connectivity index is 2.14. The van der Waals surface area contributed by atoms with Crippen molar-refractivity contribution in [2.24, 2.45) is 11.8 Å². The minimum Gasteiger partial charge on any atom is -0.495 e. The van der Waals surface area contributed by atoms with E-state index in [2.05, 4.69) is 57.1 Å². The van der Waals surface area contributed by atoms with Gasteiger partial charge in [-0.2, -0.15) is 0 Å². The van der Waals surface area contributed by atoms with E-state index in [1.165, 1.54) is 19.3 Å². The van der Waals surface area contributed by atoms with E-state index in [9.17, 15) is 0 Å². The van der Waals surface area contributed by atoms with Crippen LogP contribution in [0.15, 0.2) is 21.1 Å². The lowest BCUT2D eigenvalue weighted by Crippen LogP contribution is -2.33. The summed E-state index contributed by atoms with van der Waals surface area (Å²) >= 11 is 7.12. The maximum atomic E-state index is 5.37. The summed E-state index contributed by atoms with van der Waals surface area (Å²) < 4.78 is 7.41. The summed E-state index contributed by atoms with van der Waals surface area (Å²) in [4.78, 5) is 0. The van der Waals surface area contributed by atoms with Crippen LogP contribution in [0.3, 0.4) is 0 Å². The number of benzene rings is 1. The second kappa shape index (κ2) is 6.49. The first-order valence-corrected chi connectivity index (χ1v) is 8.39. The Kier molecular flexibility index (Phi) is 5.18. The molecule has 0 bridgehead atoms. The molecule has 0 saturated heterocycles. The molecule has 0 heterocycles. The van der Waals surface area contributed by atoms with Gasteiger partial charge in [-0.1, -0.05) is 13.8 Å². The van der Waals surface area contributed by atoms with Gasteiger partial charge in [0.1, 0.15) is 5.75 Å². The molecule has 0 spiro atoms. The fourth-order valence-corrected chi connectivity index (χ4v) is 4.15. The van der Waals surface area contributed by atoms with Crippen molar-refractivity contribution in [2.75, 3.05) is 12.4 Å². The summed E-state index contributed by atoms with van der Waals surface area (Å²) in [5.41, 5.74) is 1.12. The highest BCUT2D eigenvalue weighted by atomic mass is 79.9. The van der Waals surface area contributed by atoms with Crippen molar-refractivity contribution in [3.63, 3.8) is 0 Å². The van der Waals surface area contributed by atoms with Crippen LogP contribution in [0.25, 0.3) is 0 Å². The van der Waals surface area contributed by atoms with E-state index in [0.717, 1.165) is 26.3 Å². The van der Waals surface area contributed by atoms with Crippen molar-refractivity contribution in [2.45, 2.75) is 39.2 Å². The monoisotopic (exact) mass is 389 g/mol. The van der Waals surface area contributed by atoms with Crippen molar-refractivity contribution in [1.82, 2.24) is 0 Å². The summed E-state index contributed by atoms with van der Waals surface area (Å²) in [6.45, 7) is 4.70. The standard InChI is InChI=1S/C15H21Br2NO/c1-9-4-5-13(10(2)6-9)18-14-8-15(19-3)12(17)7-11(14)16/h7-10,13,18H,4-6H2,1-3H3. The maximum absolute atomic E-state index is 5.37. The fourth-order valence-electron chi connectivity index (χ4n) is 2.88. The number of rotatable bonds is 3. The molecule has 1 fully saturated rings. The fraction of sp³-hybridized carbons (Fsp3) is 0.600. The van der Waals surface area contributed by atoms with Gasteiger partial charge in [-0.15, -0.1) is 0 Å². The van der Waals surface area contributed by atoms with Crippen LogP contribution in [0.5, 0.6) is 5.75 Å². The first kappa shape index (κ1) is 15.2. The molecule has 2 nitrogen and oxygen atoms in total. The second-order valence-electron chi connectivity index (χ2n) is 5.61. The maximum Gasteiger partial charge on any atom is 0.135 e. The molecule has 1 aliphatic rings. The lowest BCUT2D eigenvalue weighted by Gasteiger charge is -2.34. The van der Waals surface area contributed by atoms with Crippen LogP contribution in [-0.2, 0) is 0 Å². The quantitative estimate of drug-likeness (QED) is 0.739. The van der Waals surface area contributed by atoms with Gasteiger partial charge in [0.2, 0.25) is 0 Å². The second-order valence-corrected chi connectivity index (χ2v) is 7.32. The Hall–Kier alpha value is -0.220. The third kappa shape index (κ3) is 3.66. The van der Waals surface area contributed by atoms with Crippen molar-refractivity contribution in [3.8, 4) is 5.75 Å². The molecule has 106 valence electrons. The number of ether oxygens (including phenoxy) is 1. The molecule has 1 N–H and O–H groups in total. The molecule has 2 rings (SSSR count). The van der Waals surface area contributed by atoms with Crippen LogP contribution >= 0.6 is 31.9 Å². The van der Waals surface area contributed by atoms with E-state index in [0.29, 0.717) is 12.0 Å². The van der Waals surface area contributed by atoms with E-state index in [1.54, 1.807) is 7.11 Å². The molecular formula is C15H21Br2NO. The molecule has 3 atom stereocenters. The third-order valence-corrected chi connectivity index (χ3v) is 5.29. The van der Waals surface area contributed by atoms with Gasteiger partial charge in [-0.3, -0.25) is 0 Å². The first-order chi connectivity index (χ1) is 9.01. The number of halogens is 2. The molecule has 0 amide bonds. The largest absolute Gasteiger partial charge is 0.495 e. The third-order valence-electron chi connectivity index (χ3n) is 4.01. The predicted octanol–water partition coefficient (Wildman–Crippen LogP) is 5.46. The number of anilines is 1. The van der Waals surface area contributed by atoms with Crippen LogP contribution in [0.4, 0.5) is 5.69 Å². The average molecular weight is 391 g/mol. The molecule has 1 aromatic rings. The minimum absolute atomic E-state index is 0.554. The molecule has 19 heavy (non-hydrogen) atoms. The van der Waals surface area contributed by atoms with Gasteiger partial charge >= 0.3 is 0 Å². The van der Waals surface area contributed by atoms with Crippen LogP contribution in [0.2, 0.25) is 0 Å². The first-order valence-electron chi connectivity index (χ1n) is 6.80. The average Bonchev–Trinajstić information content (AvgIpc) is 2.35. The van der Waals surface area contributed by atoms with Crippen LogP contribution < -0.4 is 10.1 Å². The van der Waals surface area contributed by atoms with Crippen molar-refractivity contribution < 1.29 is 4.74 Å². The molecule has 0 aliphatic heterocycles. The molecule has 1 aliphatic carbocycles. The number of hydrogen-bond donors (Lipinski definition) is 1. The van der Waals surface area contributed by atoms with E-state index < -0.39 is 0 Å². The van der Waals surface area contributed by atoms with Crippen molar-refractivity contribution >= 4 is 37.5 Å². The van der Waals surface area contributed by atoms with E-state index in [1.807, 2.05) is 6.07 Å². The van der Waals surface area contributed by atoms with E-state index >= 15 is 0 Å². The SMILES string of the molecule is COc1cc(NC2CCC(C)CC2C)c(Br)cc1Br. The Bertz CT molecular complexity index is 450. The van der Waals surface area contributed by atoms with Crippen molar-refractivity contribution in [3.05, 3.63) is 21.1 Å². The summed E-state index contributed by atoms with van der Waals surface area (Å²) in [6.07, 6.45) is 3.86. The molecule has 0 aromatic heterocycles. The highest BCUT2D eigenvalue weighted by Crippen LogP contribution is 2.37. The number of hydrogen-bond acceptors (Lipinski definition) is 2. The lowest BCUT2D eigenvalue weighted by molar-refractivity contribution is 0.276. The van der Waals surface area contributed by atoms with Gasteiger partial charge in [-0.25, -0.2) is 0 Å².